The molecule has 0 aromatic heterocycles. The second-order valence-corrected chi connectivity index (χ2v) is 25.8. The molecule has 5 amide bonds. The molecule has 8 aliphatic rings. The third-order valence-electron chi connectivity index (χ3n) is 18.3. The van der Waals surface area contributed by atoms with Gasteiger partial charge in [0.15, 0.2) is 23.5 Å². The second-order valence-electron chi connectivity index (χ2n) is 24.3. The van der Waals surface area contributed by atoms with Gasteiger partial charge in [0.1, 0.15) is 25.4 Å². The van der Waals surface area contributed by atoms with Crippen LogP contribution in [0.25, 0.3) is 0 Å². The Labute approximate surface area is 470 Å². The molecule has 6 saturated carbocycles. The Morgan fingerprint density at radius 3 is 2.25 bits per heavy atom. The van der Waals surface area contributed by atoms with Crippen LogP contribution in [-0.4, -0.2) is 148 Å². The number of aliphatic hydroxyl groups is 1. The van der Waals surface area contributed by atoms with Crippen LogP contribution in [0.5, 0.6) is 0 Å². The summed E-state index contributed by atoms with van der Waals surface area (Å²) in [5.74, 6) is -3.70. The van der Waals surface area contributed by atoms with Crippen molar-refractivity contribution in [2.45, 2.75) is 139 Å². The monoisotopic (exact) mass is 1120 g/mol. The summed E-state index contributed by atoms with van der Waals surface area (Å²) < 4.78 is 25.9. The van der Waals surface area contributed by atoms with Gasteiger partial charge in [-0.1, -0.05) is 75.7 Å². The molecule has 21 heteroatoms. The molecule has 80 heavy (non-hydrogen) atoms. The number of nitrogens with one attached hydrogen (secondary N) is 3. The van der Waals surface area contributed by atoms with E-state index in [9.17, 15) is 48.6 Å². The number of fused-ring (bicyclic) bond motifs is 7. The van der Waals surface area contributed by atoms with E-state index in [0.717, 1.165) is 36.8 Å². The van der Waals surface area contributed by atoms with Gasteiger partial charge in [-0.05, 0) is 116 Å². The Balaban J connectivity index is 0.809. The largest absolute Gasteiger partial charge is 0.481 e. The Kier molecular flexibility index (Phi) is 16.8. The van der Waals surface area contributed by atoms with Crippen LogP contribution in [0.3, 0.4) is 0 Å². The maximum Gasteiger partial charge on any atom is 0.409 e. The second kappa shape index (κ2) is 23.0. The fourth-order valence-electron chi connectivity index (χ4n) is 14.5. The van der Waals surface area contributed by atoms with Crippen LogP contribution in [0.2, 0.25) is 0 Å². The van der Waals surface area contributed by atoms with Crippen molar-refractivity contribution in [1.82, 2.24) is 20.4 Å². The first-order chi connectivity index (χ1) is 37.9. The van der Waals surface area contributed by atoms with Gasteiger partial charge in [-0.3, -0.25) is 28.8 Å². The summed E-state index contributed by atoms with van der Waals surface area (Å²) in [6, 6.07) is 13.3. The van der Waals surface area contributed by atoms with Crippen molar-refractivity contribution in [1.29, 1.82) is 0 Å². The van der Waals surface area contributed by atoms with Crippen molar-refractivity contribution in [2.24, 2.45) is 39.7 Å². The molecule has 2 aromatic rings. The predicted molar refractivity (Wildman–Crippen MR) is 294 cm³/mol. The number of amides is 5. The number of carboxylic acid groups (broad SMARTS) is 1. The van der Waals surface area contributed by atoms with Gasteiger partial charge in [0.05, 0.1) is 18.4 Å². The summed E-state index contributed by atoms with van der Waals surface area (Å²) in [6.45, 7) is 6.84. The van der Waals surface area contributed by atoms with Crippen molar-refractivity contribution in [2.75, 3.05) is 51.4 Å². The normalized spacial score (nSPS) is 31.6. The van der Waals surface area contributed by atoms with Crippen molar-refractivity contribution in [3.63, 3.8) is 0 Å². The number of nitrogens with two attached hydrogens (primary N) is 1. The number of aliphatic carboxylic acids is 1. The lowest BCUT2D eigenvalue weighted by molar-refractivity contribution is -0.201. The highest BCUT2D eigenvalue weighted by molar-refractivity contribution is 8.00. The Morgan fingerprint density at radius 2 is 1.60 bits per heavy atom. The lowest BCUT2D eigenvalue weighted by Crippen LogP contribution is -2.72. The highest BCUT2D eigenvalue weighted by Gasteiger charge is 2.76. The van der Waals surface area contributed by atoms with E-state index in [1.165, 1.54) is 34.2 Å². The minimum atomic E-state index is -1.54. The molecule has 0 spiro atoms. The van der Waals surface area contributed by atoms with Gasteiger partial charge in [-0.15, -0.1) is 11.8 Å². The van der Waals surface area contributed by atoms with Crippen molar-refractivity contribution >= 4 is 64.9 Å². The van der Waals surface area contributed by atoms with Crippen LogP contribution in [-0.2, 0) is 60.7 Å². The number of hydrogen-bond acceptors (Lipinski definition) is 15. The molecule has 0 radical (unpaired) electrons. The summed E-state index contributed by atoms with van der Waals surface area (Å²) in [4.78, 5) is 107. The van der Waals surface area contributed by atoms with Gasteiger partial charge in [-0.25, -0.2) is 9.59 Å². The standard InChI is InChI=1S/C59H76N6O14S/c1-34(2)80-30-48(70)61-27-47(69)63-43(17-18-49(71)72)51(73)62-39-14-9-36(10-15-39)29-76-53(74)64(5)21-22-65(6)54(75)77-44-26-56(4)42(41-16-13-38-23-40(67)19-20-55(38,3)50(41)44)24-46-59(56,45(68)28-66)79-52(78-46)37-11-7-35(8-12-37)25-57-31-58(60,32-57)33-57/h7-12,14-15,19-20,23,34,41-44,46,50,52,66H,13,16-18,21-22,24-33,60H2,1-6H3,(H,61,70)(H,62,73)(H,63,69)(H,71,72)/t41-,42-,43-,44-,46+,50+,52+,55-,56-,57?,58?,59+/m0/s1. The first kappa shape index (κ1) is 58.5. The summed E-state index contributed by atoms with van der Waals surface area (Å²) in [5, 5.41) is 27.8. The number of ketones is 2. The van der Waals surface area contributed by atoms with Crippen LogP contribution in [0.1, 0.15) is 108 Å². The Morgan fingerprint density at radius 1 is 0.925 bits per heavy atom. The number of anilines is 1. The van der Waals surface area contributed by atoms with Gasteiger partial charge < -0.3 is 60.6 Å². The van der Waals surface area contributed by atoms with E-state index in [1.807, 2.05) is 39.0 Å². The molecule has 7 aliphatic carbocycles. The molecule has 7 N–H and O–H groups in total. The first-order valence-corrected chi connectivity index (χ1v) is 28.8. The molecule has 20 nitrogen and oxygen atoms in total. The van der Waals surface area contributed by atoms with Crippen LogP contribution in [0.4, 0.5) is 15.3 Å². The molecule has 432 valence electrons. The fourth-order valence-corrected chi connectivity index (χ4v) is 15.1. The van der Waals surface area contributed by atoms with E-state index in [1.54, 1.807) is 43.5 Å². The molecular weight excluding hydrogens is 1050 g/mol. The van der Waals surface area contributed by atoms with E-state index >= 15 is 0 Å². The zero-order valence-corrected chi connectivity index (χ0v) is 47.3. The van der Waals surface area contributed by atoms with Crippen molar-refractivity contribution in [3.05, 3.63) is 89.0 Å². The average Bonchev–Trinajstić information content (AvgIpc) is 3.94. The molecule has 1 saturated heterocycles. The van der Waals surface area contributed by atoms with E-state index in [0.29, 0.717) is 30.5 Å². The van der Waals surface area contributed by atoms with Gasteiger partial charge >= 0.3 is 18.2 Å². The lowest BCUT2D eigenvalue weighted by Gasteiger charge is -2.69. The van der Waals surface area contributed by atoms with Gasteiger partial charge in [0.2, 0.25) is 17.7 Å². The van der Waals surface area contributed by atoms with E-state index in [4.69, 9.17) is 24.7 Å². The number of hydrogen-bond donors (Lipinski definition) is 6. The zero-order chi connectivity index (χ0) is 57.5. The molecule has 1 aliphatic heterocycles. The molecule has 7 fully saturated rings. The van der Waals surface area contributed by atoms with Crippen LogP contribution in [0.15, 0.2) is 72.3 Å². The van der Waals surface area contributed by atoms with Gasteiger partial charge in [0.25, 0.3) is 0 Å². The number of benzene rings is 2. The molecule has 0 unspecified atom stereocenters. The third-order valence-corrected chi connectivity index (χ3v) is 19.4. The van der Waals surface area contributed by atoms with Gasteiger partial charge in [-0.2, -0.15) is 0 Å². The number of aliphatic hydroxyl groups excluding tert-OH is 1. The maximum atomic E-state index is 14.4. The number of ether oxygens (including phenoxy) is 4. The zero-order valence-electron chi connectivity index (χ0n) is 46.5. The molecular formula is C59H76N6O14S. The third kappa shape index (κ3) is 11.7. The lowest BCUT2D eigenvalue weighted by atomic mass is 9.38. The van der Waals surface area contributed by atoms with Crippen LogP contribution in [0, 0.1) is 34.0 Å². The summed E-state index contributed by atoms with van der Waals surface area (Å²) >= 11 is 1.41. The smallest absolute Gasteiger partial charge is 0.409 e. The maximum absolute atomic E-state index is 14.4. The number of allylic oxidation sites excluding steroid dienone is 4. The van der Waals surface area contributed by atoms with E-state index in [2.05, 4.69) is 35.0 Å². The number of nitrogens with zero attached hydrogens (tertiary/aromatic N) is 2. The predicted octanol–water partition coefficient (Wildman–Crippen LogP) is 5.60. The average molecular weight is 1130 g/mol. The molecule has 2 aromatic carbocycles. The fraction of sp³-hybridized carbons (Fsp3) is 0.593. The minimum Gasteiger partial charge on any atom is -0.481 e. The molecule has 2 bridgehead atoms. The number of carbonyl (C=O) groups excluding carboxylic acids is 7. The van der Waals surface area contributed by atoms with Crippen molar-refractivity contribution in [3.8, 4) is 0 Å². The van der Waals surface area contributed by atoms with Crippen molar-refractivity contribution < 1.29 is 67.5 Å². The Bertz CT molecular complexity index is 2800. The number of thioether (sulfide) groups is 1. The highest BCUT2D eigenvalue weighted by Crippen LogP contribution is 2.71. The van der Waals surface area contributed by atoms with Crippen LogP contribution >= 0.6 is 11.8 Å². The van der Waals surface area contributed by atoms with Crippen LogP contribution < -0.4 is 21.7 Å². The van der Waals surface area contributed by atoms with Gasteiger partial charge in [0, 0.05) is 67.1 Å². The molecule has 10 rings (SSSR count). The number of Topliss-reactive ketones (excluding diaryl/α,β-unsaturated/α-hetero) is 1. The van der Waals surface area contributed by atoms with E-state index < -0.39 is 89.8 Å². The number of rotatable bonds is 22. The van der Waals surface area contributed by atoms with E-state index in [-0.39, 0.29) is 90.5 Å². The number of carbonyl (C=O) groups is 8. The molecule has 10 atom stereocenters. The minimum absolute atomic E-state index is 0.0177. The highest BCUT2D eigenvalue weighted by atomic mass is 32.2. The number of likely N-dealkylation sites (N-methyl/N-ethyl adjacent to an activating group) is 2. The first-order valence-electron chi connectivity index (χ1n) is 27.8. The summed E-state index contributed by atoms with van der Waals surface area (Å²) in [7, 11) is 3.11. The summed E-state index contributed by atoms with van der Waals surface area (Å²) in [6.07, 6.45) is 7.14. The molecule has 1 heterocycles. The quantitative estimate of drug-likeness (QED) is 0.0836. The summed E-state index contributed by atoms with van der Waals surface area (Å²) in [5.41, 5.74) is 7.38. The Hall–Kier alpha value is -6.13. The SMILES string of the molecule is CC(C)SCC(=O)NCC(=O)N[C@@H](CCC(=O)O)C(=O)Nc1ccc(COC(=O)N(C)CCN(C)C(=O)O[C@H]2C[C@@]3(C)[C@@H](C[C@H]4O[C@@H](c5ccc(CC67CC(N)(C6)C7)cc5)O[C@]43C(=O)CO)[C@@H]3CCC4=CC(=O)C=C[C@]4(C)[C@H]32)cc1. The number of carboxylic acids is 1. The topological polar surface area (TPSA) is 283 Å².